The van der Waals surface area contributed by atoms with Gasteiger partial charge in [0.2, 0.25) is 0 Å². The molecule has 0 unspecified atom stereocenters. The molecule has 2 amide bonds. The Labute approximate surface area is 167 Å². The number of hydrogen-bond donors (Lipinski definition) is 2. The number of thiophene rings is 1. The lowest BCUT2D eigenvalue weighted by molar-refractivity contribution is 0.0633. The Bertz CT molecular complexity index is 959. The average molecular weight is 395 g/mol. The van der Waals surface area contributed by atoms with Gasteiger partial charge in [-0.1, -0.05) is 30.3 Å². The van der Waals surface area contributed by atoms with E-state index in [0.717, 1.165) is 40.2 Å². The summed E-state index contributed by atoms with van der Waals surface area (Å²) < 4.78 is 1.14. The van der Waals surface area contributed by atoms with Crippen LogP contribution in [0.5, 0.6) is 0 Å². The molecule has 0 saturated carbocycles. The summed E-state index contributed by atoms with van der Waals surface area (Å²) in [4.78, 5) is 29.2. The van der Waals surface area contributed by atoms with Crippen LogP contribution in [0.3, 0.4) is 0 Å². The largest absolute Gasteiger partial charge is 0.335 e. The van der Waals surface area contributed by atoms with E-state index >= 15 is 0 Å². The summed E-state index contributed by atoms with van der Waals surface area (Å²) in [5.41, 5.74) is 3.15. The number of nitrogens with zero attached hydrogens (tertiary/aromatic N) is 2. The van der Waals surface area contributed by atoms with E-state index in [-0.39, 0.29) is 5.91 Å². The van der Waals surface area contributed by atoms with Crippen molar-refractivity contribution in [2.75, 3.05) is 26.2 Å². The van der Waals surface area contributed by atoms with Crippen molar-refractivity contribution >= 4 is 33.2 Å². The zero-order chi connectivity index (χ0) is 19.5. The van der Waals surface area contributed by atoms with E-state index in [0.29, 0.717) is 18.7 Å². The maximum absolute atomic E-state index is 12.8. The molecule has 0 radical (unpaired) electrons. The van der Waals surface area contributed by atoms with E-state index < -0.39 is 5.91 Å². The van der Waals surface area contributed by atoms with E-state index in [1.807, 2.05) is 47.4 Å². The van der Waals surface area contributed by atoms with E-state index in [9.17, 15) is 9.59 Å². The molecule has 4 rings (SSSR count). The summed E-state index contributed by atoms with van der Waals surface area (Å²) in [6, 6.07) is 17.2. The van der Waals surface area contributed by atoms with Gasteiger partial charge in [0.1, 0.15) is 0 Å². The van der Waals surface area contributed by atoms with Gasteiger partial charge in [-0.3, -0.25) is 19.7 Å². The van der Waals surface area contributed by atoms with Crippen LogP contribution in [0, 0.1) is 0 Å². The van der Waals surface area contributed by atoms with Crippen molar-refractivity contribution in [1.29, 1.82) is 0 Å². The quantitative estimate of drug-likeness (QED) is 0.526. The number of nitrogens with one attached hydrogen (secondary N) is 1. The summed E-state index contributed by atoms with van der Waals surface area (Å²) in [5.74, 6) is -0.403. The maximum Gasteiger partial charge on any atom is 0.274 e. The van der Waals surface area contributed by atoms with Crippen molar-refractivity contribution in [2.24, 2.45) is 0 Å². The number of rotatable bonds is 4. The Kier molecular flexibility index (Phi) is 5.38. The van der Waals surface area contributed by atoms with Gasteiger partial charge >= 0.3 is 0 Å². The average Bonchev–Trinajstić information content (AvgIpc) is 3.18. The molecule has 1 fully saturated rings. The SMILES string of the molecule is O=C(NO)c1ccc(CN2CCN(C(=O)c3cc4ccccc4s3)CC2)cc1. The molecule has 2 aromatic carbocycles. The van der Waals surface area contributed by atoms with Crippen LogP contribution in [0.4, 0.5) is 0 Å². The number of hydrogen-bond acceptors (Lipinski definition) is 5. The maximum atomic E-state index is 12.8. The normalized spacial score (nSPS) is 15.0. The highest BCUT2D eigenvalue weighted by Gasteiger charge is 2.23. The van der Waals surface area contributed by atoms with Gasteiger partial charge in [-0.2, -0.15) is 0 Å². The minimum atomic E-state index is -0.514. The monoisotopic (exact) mass is 395 g/mol. The van der Waals surface area contributed by atoms with Gasteiger partial charge < -0.3 is 4.90 Å². The molecule has 0 spiro atoms. The molecule has 2 heterocycles. The summed E-state index contributed by atoms with van der Waals surface area (Å²) >= 11 is 1.55. The molecule has 144 valence electrons. The first kappa shape index (κ1) is 18.6. The van der Waals surface area contributed by atoms with E-state index in [1.165, 1.54) is 0 Å². The Hall–Kier alpha value is -2.74. The molecular weight excluding hydrogens is 374 g/mol. The second-order valence-corrected chi connectivity index (χ2v) is 7.94. The fourth-order valence-corrected chi connectivity index (χ4v) is 4.47. The van der Waals surface area contributed by atoms with Gasteiger partial charge in [0, 0.05) is 43.0 Å². The summed E-state index contributed by atoms with van der Waals surface area (Å²) in [6.07, 6.45) is 0. The zero-order valence-electron chi connectivity index (χ0n) is 15.3. The Morgan fingerprint density at radius 1 is 1.00 bits per heavy atom. The first-order valence-electron chi connectivity index (χ1n) is 9.17. The minimum absolute atomic E-state index is 0.111. The second-order valence-electron chi connectivity index (χ2n) is 6.85. The third-order valence-electron chi connectivity index (χ3n) is 5.02. The lowest BCUT2D eigenvalue weighted by atomic mass is 10.1. The molecule has 1 saturated heterocycles. The van der Waals surface area contributed by atoms with Gasteiger partial charge in [-0.05, 0) is 35.2 Å². The lowest BCUT2D eigenvalue weighted by Crippen LogP contribution is -2.48. The fourth-order valence-electron chi connectivity index (χ4n) is 3.44. The van der Waals surface area contributed by atoms with Crippen molar-refractivity contribution in [3.05, 3.63) is 70.6 Å². The number of fused-ring (bicyclic) bond motifs is 1. The van der Waals surface area contributed by atoms with Crippen LogP contribution in [0.25, 0.3) is 10.1 Å². The van der Waals surface area contributed by atoms with Crippen LogP contribution in [-0.2, 0) is 6.54 Å². The third-order valence-corrected chi connectivity index (χ3v) is 6.12. The van der Waals surface area contributed by atoms with Crippen LogP contribution >= 0.6 is 11.3 Å². The van der Waals surface area contributed by atoms with Gasteiger partial charge in [0.05, 0.1) is 4.88 Å². The van der Waals surface area contributed by atoms with Crippen LogP contribution in [-0.4, -0.2) is 53.0 Å². The highest BCUT2D eigenvalue weighted by Crippen LogP contribution is 2.26. The van der Waals surface area contributed by atoms with Crippen molar-refractivity contribution in [3.8, 4) is 0 Å². The Morgan fingerprint density at radius 2 is 1.71 bits per heavy atom. The van der Waals surface area contributed by atoms with Crippen LogP contribution in [0.1, 0.15) is 25.6 Å². The molecular formula is C21H21N3O3S. The Morgan fingerprint density at radius 3 is 2.39 bits per heavy atom. The Balaban J connectivity index is 1.34. The van der Waals surface area contributed by atoms with Crippen molar-refractivity contribution in [2.45, 2.75) is 6.54 Å². The van der Waals surface area contributed by atoms with Gasteiger partial charge in [-0.25, -0.2) is 5.48 Å². The van der Waals surface area contributed by atoms with Gasteiger partial charge in [-0.15, -0.1) is 11.3 Å². The zero-order valence-corrected chi connectivity index (χ0v) is 16.1. The number of carbonyl (C=O) groups excluding carboxylic acids is 2. The lowest BCUT2D eigenvalue weighted by Gasteiger charge is -2.34. The molecule has 7 heteroatoms. The predicted octanol–water partition coefficient (Wildman–Crippen LogP) is 2.98. The topological polar surface area (TPSA) is 72.9 Å². The summed E-state index contributed by atoms with van der Waals surface area (Å²) in [6.45, 7) is 3.81. The number of piperazine rings is 1. The van der Waals surface area contributed by atoms with E-state index in [2.05, 4.69) is 4.90 Å². The van der Waals surface area contributed by atoms with E-state index in [4.69, 9.17) is 5.21 Å². The highest BCUT2D eigenvalue weighted by molar-refractivity contribution is 7.20. The molecule has 1 aliphatic rings. The molecule has 6 nitrogen and oxygen atoms in total. The summed E-state index contributed by atoms with van der Waals surface area (Å²) in [5, 5.41) is 9.79. The molecule has 28 heavy (non-hydrogen) atoms. The molecule has 0 aliphatic carbocycles. The van der Waals surface area contributed by atoms with Gasteiger partial charge in [0.15, 0.2) is 0 Å². The highest BCUT2D eigenvalue weighted by atomic mass is 32.1. The summed E-state index contributed by atoms with van der Waals surface area (Å²) in [7, 11) is 0. The minimum Gasteiger partial charge on any atom is -0.335 e. The molecule has 1 aromatic heterocycles. The van der Waals surface area contributed by atoms with Crippen LogP contribution in [0.2, 0.25) is 0 Å². The molecule has 0 atom stereocenters. The molecule has 0 bridgehead atoms. The number of carbonyl (C=O) groups is 2. The molecule has 1 aliphatic heterocycles. The van der Waals surface area contributed by atoms with Crippen molar-refractivity contribution < 1.29 is 14.8 Å². The third kappa shape index (κ3) is 3.91. The van der Waals surface area contributed by atoms with Crippen molar-refractivity contribution in [1.82, 2.24) is 15.3 Å². The van der Waals surface area contributed by atoms with Crippen LogP contribution < -0.4 is 5.48 Å². The number of benzene rings is 2. The van der Waals surface area contributed by atoms with E-state index in [1.54, 1.807) is 28.9 Å². The smallest absolute Gasteiger partial charge is 0.274 e. The molecule has 2 N–H and O–H groups in total. The first-order valence-corrected chi connectivity index (χ1v) is 9.99. The first-order chi connectivity index (χ1) is 13.6. The standard InChI is InChI=1S/C21H21N3O3S/c25-20(22-27)16-7-5-15(6-8-16)14-23-9-11-24(12-10-23)21(26)19-13-17-3-1-2-4-18(17)28-19/h1-8,13,27H,9-12,14H2,(H,22,25). The number of hydroxylamine groups is 1. The fraction of sp³-hybridized carbons (Fsp3) is 0.238. The molecule has 3 aromatic rings. The number of amides is 2. The second kappa shape index (κ2) is 8.10. The van der Waals surface area contributed by atoms with Gasteiger partial charge in [0.25, 0.3) is 11.8 Å². The predicted molar refractivity (Wildman–Crippen MR) is 109 cm³/mol. The van der Waals surface area contributed by atoms with Crippen molar-refractivity contribution in [3.63, 3.8) is 0 Å². The van der Waals surface area contributed by atoms with Crippen LogP contribution in [0.15, 0.2) is 54.6 Å².